The van der Waals surface area contributed by atoms with Crippen molar-refractivity contribution in [2.75, 3.05) is 13.2 Å². The summed E-state index contributed by atoms with van der Waals surface area (Å²) in [4.78, 5) is 0. The average molecular weight is 683 g/mol. The largest absolute Gasteiger partial charge is 0.493 e. The molecular weight excluding hydrogens is 642 g/mol. The molecule has 1 aliphatic rings. The van der Waals surface area contributed by atoms with E-state index in [9.17, 15) is 0 Å². The van der Waals surface area contributed by atoms with Crippen molar-refractivity contribution in [3.63, 3.8) is 0 Å². The quantitative estimate of drug-likeness (QED) is 0.150. The van der Waals surface area contributed by atoms with Crippen LogP contribution < -0.4 is 39.7 Å². The van der Waals surface area contributed by atoms with Gasteiger partial charge in [-0.05, 0) is 56.4 Å². The molecule has 6 aromatic rings. The van der Waals surface area contributed by atoms with E-state index in [1.54, 1.807) is 0 Å². The van der Waals surface area contributed by atoms with Crippen molar-refractivity contribution in [1.29, 1.82) is 0 Å². The Morgan fingerprint density at radius 1 is 0.408 bits per heavy atom. The fourth-order valence-electron chi connectivity index (χ4n) is 5.98. The van der Waals surface area contributed by atoms with Crippen LogP contribution in [0, 0.1) is 13.8 Å². The van der Waals surface area contributed by atoms with Gasteiger partial charge in [-0.2, -0.15) is 0 Å². The molecule has 6 heteroatoms. The molecule has 0 unspecified atom stereocenters. The normalized spacial score (nSPS) is 13.0. The number of fused-ring (bicyclic) bond motifs is 3. The molecule has 0 amide bonds. The van der Waals surface area contributed by atoms with E-state index < -0.39 is 16.3 Å². The topological polar surface area (TPSA) is 36.9 Å². The molecule has 0 atom stereocenters. The van der Waals surface area contributed by atoms with Crippen molar-refractivity contribution in [3.8, 4) is 34.1 Å². The molecule has 0 aromatic heterocycles. The second-order valence-electron chi connectivity index (χ2n) is 12.0. The zero-order valence-electron chi connectivity index (χ0n) is 27.9. The highest BCUT2D eigenvalue weighted by Gasteiger charge is 2.30. The number of hydrogen-bond acceptors (Lipinski definition) is 4. The lowest BCUT2D eigenvalue weighted by molar-refractivity contribution is 0.284. The van der Waals surface area contributed by atoms with Gasteiger partial charge in [0.25, 0.3) is 0 Å². The Balaban J connectivity index is 1.46. The minimum atomic E-state index is -1.22. The summed E-state index contributed by atoms with van der Waals surface area (Å²) in [5, 5.41) is 4.53. The molecule has 0 bridgehead atoms. The monoisotopic (exact) mass is 682 g/mol. The SMILES string of the molecule is Cc1ccc2c(c1OP(c1ccccc1)c1ccccc1)-c1c(ccc(C)c1OP(c1ccccc1)c1ccccc1)OCCCCCO2. The van der Waals surface area contributed by atoms with Crippen molar-refractivity contribution in [1.82, 2.24) is 0 Å². The second kappa shape index (κ2) is 15.7. The molecule has 0 spiro atoms. The lowest BCUT2D eigenvalue weighted by Crippen LogP contribution is -2.17. The molecule has 0 radical (unpaired) electrons. The van der Waals surface area contributed by atoms with Crippen LogP contribution in [0.15, 0.2) is 146 Å². The molecule has 7 rings (SSSR count). The zero-order chi connectivity index (χ0) is 33.4. The van der Waals surface area contributed by atoms with Crippen LogP contribution in [0.4, 0.5) is 0 Å². The van der Waals surface area contributed by atoms with Gasteiger partial charge in [-0.3, -0.25) is 0 Å². The second-order valence-corrected chi connectivity index (χ2v) is 15.6. The number of ether oxygens (including phenoxy) is 2. The van der Waals surface area contributed by atoms with Crippen LogP contribution in [0.25, 0.3) is 11.1 Å². The van der Waals surface area contributed by atoms with Gasteiger partial charge in [0.1, 0.15) is 23.0 Å². The number of aryl methyl sites for hydroxylation is 2. The summed E-state index contributed by atoms with van der Waals surface area (Å²) in [5.74, 6) is 3.09. The van der Waals surface area contributed by atoms with Crippen molar-refractivity contribution in [2.45, 2.75) is 33.1 Å². The summed E-state index contributed by atoms with van der Waals surface area (Å²) in [5.41, 5.74) is 3.77. The maximum absolute atomic E-state index is 7.32. The van der Waals surface area contributed by atoms with Gasteiger partial charge in [0, 0.05) is 21.2 Å². The van der Waals surface area contributed by atoms with Crippen LogP contribution in [0.2, 0.25) is 0 Å². The minimum Gasteiger partial charge on any atom is -0.493 e. The van der Waals surface area contributed by atoms with Crippen molar-refractivity contribution >= 4 is 37.5 Å². The molecule has 49 heavy (non-hydrogen) atoms. The highest BCUT2D eigenvalue weighted by atomic mass is 31.1. The predicted molar refractivity (Wildman–Crippen MR) is 206 cm³/mol. The first kappa shape index (κ1) is 32.9. The standard InChI is InChI=1S/C43H40O4P2/c1-32-26-28-38-40(42(32)46-48(34-18-8-3-9-19-34)35-20-10-4-11-21-35)41-39(45-31-17-7-16-30-44-38)29-27-33(2)43(41)47-49(36-22-12-5-13-23-36)37-24-14-6-15-25-37/h3-6,8-15,18-29H,7,16-17,30-31H2,1-2H3. The fourth-order valence-corrected chi connectivity index (χ4v) is 9.60. The summed E-state index contributed by atoms with van der Waals surface area (Å²) in [7, 11) is -2.44. The first-order chi connectivity index (χ1) is 24.2. The summed E-state index contributed by atoms with van der Waals surface area (Å²) in [6.07, 6.45) is 2.91. The van der Waals surface area contributed by atoms with Gasteiger partial charge < -0.3 is 18.5 Å². The summed E-state index contributed by atoms with van der Waals surface area (Å²) >= 11 is 0. The molecule has 6 aromatic carbocycles. The van der Waals surface area contributed by atoms with E-state index in [0.29, 0.717) is 13.2 Å². The van der Waals surface area contributed by atoms with E-state index in [4.69, 9.17) is 18.5 Å². The first-order valence-corrected chi connectivity index (χ1v) is 19.4. The molecule has 0 saturated heterocycles. The van der Waals surface area contributed by atoms with Crippen LogP contribution in [-0.4, -0.2) is 13.2 Å². The first-order valence-electron chi connectivity index (χ1n) is 16.9. The van der Waals surface area contributed by atoms with Crippen LogP contribution in [0.3, 0.4) is 0 Å². The minimum absolute atomic E-state index is 0.611. The molecule has 0 saturated carbocycles. The van der Waals surface area contributed by atoms with Gasteiger partial charge in [0.2, 0.25) is 0 Å². The van der Waals surface area contributed by atoms with Crippen LogP contribution in [0.5, 0.6) is 23.0 Å². The van der Waals surface area contributed by atoms with Crippen molar-refractivity contribution in [3.05, 3.63) is 157 Å². The van der Waals surface area contributed by atoms with Crippen LogP contribution >= 0.6 is 16.3 Å². The Morgan fingerprint density at radius 3 is 1.06 bits per heavy atom. The molecule has 1 aliphatic heterocycles. The van der Waals surface area contributed by atoms with Gasteiger partial charge >= 0.3 is 0 Å². The van der Waals surface area contributed by atoms with E-state index >= 15 is 0 Å². The molecule has 0 N–H and O–H groups in total. The lowest BCUT2D eigenvalue weighted by Gasteiger charge is -2.28. The van der Waals surface area contributed by atoms with Crippen molar-refractivity contribution in [2.24, 2.45) is 0 Å². The Labute approximate surface area is 292 Å². The molecule has 0 aliphatic carbocycles. The summed E-state index contributed by atoms with van der Waals surface area (Å²) in [6, 6.07) is 50.4. The summed E-state index contributed by atoms with van der Waals surface area (Å²) in [6.45, 7) is 5.45. The number of rotatable bonds is 8. The van der Waals surface area contributed by atoms with Gasteiger partial charge in [-0.25, -0.2) is 0 Å². The predicted octanol–water partition coefficient (Wildman–Crippen LogP) is 9.77. The molecule has 4 nitrogen and oxygen atoms in total. The highest BCUT2D eigenvalue weighted by Crippen LogP contribution is 2.55. The number of benzene rings is 6. The average Bonchev–Trinajstić information content (AvgIpc) is 3.19. The van der Waals surface area contributed by atoms with Gasteiger partial charge in [0.15, 0.2) is 16.3 Å². The van der Waals surface area contributed by atoms with Crippen molar-refractivity contribution < 1.29 is 18.5 Å². The molecule has 1 heterocycles. The Kier molecular flexibility index (Phi) is 10.6. The fraction of sp³-hybridized carbons (Fsp3) is 0.163. The Bertz CT molecular complexity index is 1750. The van der Waals surface area contributed by atoms with Crippen LogP contribution in [-0.2, 0) is 0 Å². The molecule has 246 valence electrons. The van der Waals surface area contributed by atoms with E-state index in [1.165, 1.54) is 0 Å². The highest BCUT2D eigenvalue weighted by molar-refractivity contribution is 7.69. The van der Waals surface area contributed by atoms with E-state index in [-0.39, 0.29) is 0 Å². The van der Waals surface area contributed by atoms with Crippen LogP contribution in [0.1, 0.15) is 30.4 Å². The maximum Gasteiger partial charge on any atom is 0.150 e. The zero-order valence-corrected chi connectivity index (χ0v) is 29.7. The third kappa shape index (κ3) is 7.52. The van der Waals surface area contributed by atoms with E-state index in [1.807, 2.05) is 24.3 Å². The van der Waals surface area contributed by atoms with E-state index in [2.05, 4.69) is 135 Å². The smallest absolute Gasteiger partial charge is 0.150 e. The third-order valence-electron chi connectivity index (χ3n) is 8.51. The third-order valence-corrected chi connectivity index (χ3v) is 12.3. The maximum atomic E-state index is 7.32. The molecule has 0 fully saturated rings. The Hall–Kier alpha value is -4.62. The molecular formula is C43H40O4P2. The van der Waals surface area contributed by atoms with Gasteiger partial charge in [0.05, 0.1) is 24.3 Å². The van der Waals surface area contributed by atoms with Gasteiger partial charge in [-0.1, -0.05) is 133 Å². The lowest BCUT2D eigenvalue weighted by atomic mass is 9.96. The Morgan fingerprint density at radius 2 is 0.735 bits per heavy atom. The summed E-state index contributed by atoms with van der Waals surface area (Å²) < 4.78 is 28.0. The number of hydrogen-bond donors (Lipinski definition) is 0. The van der Waals surface area contributed by atoms with E-state index in [0.717, 1.165) is 85.7 Å². The van der Waals surface area contributed by atoms with Gasteiger partial charge in [-0.15, -0.1) is 0 Å².